The van der Waals surface area contributed by atoms with Crippen LogP contribution in [-0.2, 0) is 4.79 Å². The minimum atomic E-state index is -0.808. The molecule has 1 aromatic rings. The predicted molar refractivity (Wildman–Crippen MR) is 84.3 cm³/mol. The van der Waals surface area contributed by atoms with Crippen molar-refractivity contribution in [3.63, 3.8) is 0 Å². The largest absolute Gasteiger partial charge is 0.481 e. The lowest BCUT2D eigenvalue weighted by atomic mass is 9.97. The fourth-order valence-electron chi connectivity index (χ4n) is 2.78. The Hall–Kier alpha value is -1.69. The first-order valence-electron chi connectivity index (χ1n) is 8.04. The van der Waals surface area contributed by atoms with Crippen LogP contribution < -0.4 is 10.1 Å². The van der Waals surface area contributed by atoms with Gasteiger partial charge in [-0.15, -0.1) is 0 Å². The summed E-state index contributed by atoms with van der Waals surface area (Å²) in [4.78, 5) is 14.2. The second-order valence-electron chi connectivity index (χ2n) is 6.26. The van der Waals surface area contributed by atoms with Gasteiger partial charge in [0.05, 0.1) is 0 Å². The summed E-state index contributed by atoms with van der Waals surface area (Å²) in [5, 5.41) is 2.83. The Morgan fingerprint density at radius 3 is 2.91 bits per heavy atom. The first-order chi connectivity index (χ1) is 11.0. The van der Waals surface area contributed by atoms with Gasteiger partial charge in [-0.25, -0.2) is 8.78 Å². The van der Waals surface area contributed by atoms with Crippen LogP contribution in [0.2, 0.25) is 0 Å². The Balaban J connectivity index is 1.72. The second kappa shape index (κ2) is 8.24. The molecule has 4 nitrogen and oxygen atoms in total. The lowest BCUT2D eigenvalue weighted by molar-refractivity contribution is -0.123. The van der Waals surface area contributed by atoms with E-state index in [1.54, 1.807) is 0 Å². The van der Waals surface area contributed by atoms with Gasteiger partial charge in [0.1, 0.15) is 5.82 Å². The molecule has 0 spiro atoms. The molecule has 1 N–H and O–H groups in total. The van der Waals surface area contributed by atoms with Crippen molar-refractivity contribution in [2.45, 2.75) is 32.7 Å². The van der Waals surface area contributed by atoms with E-state index < -0.39 is 11.6 Å². The lowest BCUT2D eigenvalue weighted by Crippen LogP contribution is -2.44. The minimum Gasteiger partial charge on any atom is -0.481 e. The van der Waals surface area contributed by atoms with Crippen molar-refractivity contribution >= 4 is 5.91 Å². The van der Waals surface area contributed by atoms with Gasteiger partial charge in [0.2, 0.25) is 0 Å². The Morgan fingerprint density at radius 2 is 2.22 bits per heavy atom. The molecule has 2 rings (SSSR count). The number of rotatable bonds is 6. The maximum atomic E-state index is 13.4. The molecule has 1 aromatic carbocycles. The van der Waals surface area contributed by atoms with Crippen molar-refractivity contribution in [3.05, 3.63) is 29.8 Å². The van der Waals surface area contributed by atoms with E-state index in [0.717, 1.165) is 38.1 Å². The number of hydrogen-bond acceptors (Lipinski definition) is 3. The molecule has 1 heterocycles. The summed E-state index contributed by atoms with van der Waals surface area (Å²) in [6.45, 7) is 6.75. The molecule has 1 unspecified atom stereocenters. The van der Waals surface area contributed by atoms with Gasteiger partial charge in [-0.05, 0) is 51.3 Å². The van der Waals surface area contributed by atoms with Crippen LogP contribution in [0.1, 0.15) is 26.7 Å². The molecule has 128 valence electrons. The monoisotopic (exact) mass is 326 g/mol. The number of amides is 1. The Bertz CT molecular complexity index is 537. The van der Waals surface area contributed by atoms with E-state index in [0.29, 0.717) is 18.5 Å². The maximum Gasteiger partial charge on any atom is 0.257 e. The van der Waals surface area contributed by atoms with Gasteiger partial charge in [0, 0.05) is 25.2 Å². The lowest BCUT2D eigenvalue weighted by Gasteiger charge is -2.35. The first-order valence-corrected chi connectivity index (χ1v) is 8.04. The number of nitrogens with one attached hydrogen (secondary N) is 1. The van der Waals surface area contributed by atoms with E-state index in [2.05, 4.69) is 24.1 Å². The predicted octanol–water partition coefficient (Wildman–Crippen LogP) is 2.58. The number of nitrogens with zero attached hydrogens (tertiary/aromatic N) is 1. The summed E-state index contributed by atoms with van der Waals surface area (Å²) < 4.78 is 31.3. The van der Waals surface area contributed by atoms with Crippen LogP contribution in [0.4, 0.5) is 8.78 Å². The van der Waals surface area contributed by atoms with E-state index in [1.807, 2.05) is 0 Å². The molecule has 0 radical (unpaired) electrons. The van der Waals surface area contributed by atoms with E-state index in [9.17, 15) is 13.6 Å². The molecule has 0 aliphatic carbocycles. The maximum absolute atomic E-state index is 13.4. The topological polar surface area (TPSA) is 41.6 Å². The minimum absolute atomic E-state index is 0.120. The highest BCUT2D eigenvalue weighted by molar-refractivity contribution is 5.77. The van der Waals surface area contributed by atoms with Crippen LogP contribution in [0.25, 0.3) is 0 Å². The first kappa shape index (κ1) is 17.7. The van der Waals surface area contributed by atoms with E-state index in [1.165, 1.54) is 6.07 Å². The van der Waals surface area contributed by atoms with Gasteiger partial charge in [-0.1, -0.05) is 0 Å². The van der Waals surface area contributed by atoms with E-state index in [-0.39, 0.29) is 18.3 Å². The third kappa shape index (κ3) is 5.46. The Kier molecular flexibility index (Phi) is 6.33. The number of carbonyl (C=O) groups is 1. The molecule has 23 heavy (non-hydrogen) atoms. The molecule has 1 amide bonds. The second-order valence-corrected chi connectivity index (χ2v) is 6.26. The summed E-state index contributed by atoms with van der Waals surface area (Å²) in [7, 11) is 0. The summed E-state index contributed by atoms with van der Waals surface area (Å²) in [5.74, 6) is -1.47. The molecule has 0 aromatic heterocycles. The number of halogens is 2. The summed E-state index contributed by atoms with van der Waals surface area (Å²) in [5.41, 5.74) is 0. The van der Waals surface area contributed by atoms with Crippen molar-refractivity contribution < 1.29 is 18.3 Å². The van der Waals surface area contributed by atoms with Gasteiger partial charge in [0.25, 0.3) is 5.91 Å². The molecule has 1 fully saturated rings. The summed E-state index contributed by atoms with van der Waals surface area (Å²) in [6.07, 6.45) is 2.23. The van der Waals surface area contributed by atoms with Crippen molar-refractivity contribution in [2.75, 3.05) is 26.2 Å². The quantitative estimate of drug-likeness (QED) is 0.874. The molecule has 1 saturated heterocycles. The number of piperidine rings is 1. The Morgan fingerprint density at radius 1 is 1.43 bits per heavy atom. The average Bonchev–Trinajstić information content (AvgIpc) is 2.52. The van der Waals surface area contributed by atoms with Crippen molar-refractivity contribution in [3.8, 4) is 5.75 Å². The normalized spacial score (nSPS) is 18.9. The third-order valence-corrected chi connectivity index (χ3v) is 4.12. The van der Waals surface area contributed by atoms with Crippen molar-refractivity contribution in [1.82, 2.24) is 10.2 Å². The summed E-state index contributed by atoms with van der Waals surface area (Å²) >= 11 is 0. The molecule has 0 bridgehead atoms. The molecule has 6 heteroatoms. The van der Waals surface area contributed by atoms with Crippen LogP contribution in [0.5, 0.6) is 5.75 Å². The van der Waals surface area contributed by atoms with Crippen LogP contribution in [0.15, 0.2) is 18.2 Å². The molecular formula is C17H24F2N2O2. The SMILES string of the molecule is CC(C)N1CCCC(CNC(=O)COc2ccc(F)cc2F)C1. The fraction of sp³-hybridized carbons (Fsp3) is 0.588. The van der Waals surface area contributed by atoms with Crippen molar-refractivity contribution in [1.29, 1.82) is 0 Å². The van der Waals surface area contributed by atoms with Crippen molar-refractivity contribution in [2.24, 2.45) is 5.92 Å². The summed E-state index contributed by atoms with van der Waals surface area (Å²) in [6, 6.07) is 3.52. The third-order valence-electron chi connectivity index (χ3n) is 4.12. The van der Waals surface area contributed by atoms with Gasteiger partial charge in [-0.3, -0.25) is 4.79 Å². The number of benzene rings is 1. The van der Waals surface area contributed by atoms with Gasteiger partial charge >= 0.3 is 0 Å². The smallest absolute Gasteiger partial charge is 0.257 e. The molecule has 1 aliphatic heterocycles. The molecule has 0 saturated carbocycles. The zero-order chi connectivity index (χ0) is 16.8. The standard InChI is InChI=1S/C17H24F2N2O2/c1-12(2)21-7-3-4-13(10-21)9-20-17(22)11-23-16-6-5-14(18)8-15(16)19/h5-6,8,12-13H,3-4,7,9-11H2,1-2H3,(H,20,22). The van der Waals surface area contributed by atoms with Crippen LogP contribution in [0, 0.1) is 17.6 Å². The van der Waals surface area contributed by atoms with Crippen LogP contribution in [-0.4, -0.2) is 43.1 Å². The molecule has 1 atom stereocenters. The van der Waals surface area contributed by atoms with Gasteiger partial charge < -0.3 is 15.0 Å². The number of carbonyl (C=O) groups excluding carboxylic acids is 1. The Labute approximate surface area is 135 Å². The fourth-order valence-corrected chi connectivity index (χ4v) is 2.78. The molecule has 1 aliphatic rings. The highest BCUT2D eigenvalue weighted by Crippen LogP contribution is 2.18. The highest BCUT2D eigenvalue weighted by Gasteiger charge is 2.22. The number of hydrogen-bond donors (Lipinski definition) is 1. The average molecular weight is 326 g/mol. The molecular weight excluding hydrogens is 302 g/mol. The van der Waals surface area contributed by atoms with E-state index >= 15 is 0 Å². The van der Waals surface area contributed by atoms with Gasteiger partial charge in [0.15, 0.2) is 18.2 Å². The van der Waals surface area contributed by atoms with E-state index in [4.69, 9.17) is 4.74 Å². The van der Waals surface area contributed by atoms with Crippen LogP contribution >= 0.6 is 0 Å². The zero-order valence-corrected chi connectivity index (χ0v) is 13.6. The highest BCUT2D eigenvalue weighted by atomic mass is 19.1. The van der Waals surface area contributed by atoms with Gasteiger partial charge in [-0.2, -0.15) is 0 Å². The number of ether oxygens (including phenoxy) is 1. The number of likely N-dealkylation sites (tertiary alicyclic amines) is 1. The zero-order valence-electron chi connectivity index (χ0n) is 13.6. The van der Waals surface area contributed by atoms with Crippen LogP contribution in [0.3, 0.4) is 0 Å².